The predicted octanol–water partition coefficient (Wildman–Crippen LogP) is -0.718. The van der Waals surface area contributed by atoms with Crippen LogP contribution in [0.3, 0.4) is 0 Å². The van der Waals surface area contributed by atoms with E-state index in [4.69, 9.17) is 30.2 Å². The normalized spacial score (nSPS) is 11.9. The summed E-state index contributed by atoms with van der Waals surface area (Å²) in [5.74, 6) is 0.877. The van der Waals surface area contributed by atoms with E-state index in [0.717, 1.165) is 27.6 Å². The van der Waals surface area contributed by atoms with Crippen molar-refractivity contribution in [3.8, 4) is 5.69 Å². The van der Waals surface area contributed by atoms with Gasteiger partial charge in [-0.25, -0.2) is 28.0 Å². The van der Waals surface area contributed by atoms with Gasteiger partial charge in [-0.3, -0.25) is 0 Å². The van der Waals surface area contributed by atoms with E-state index in [9.17, 15) is 4.79 Å². The minimum atomic E-state index is -4.94. The molecule has 3 aromatic rings. The number of rotatable bonds is 3. The molecule has 0 unspecified atom stereocenters. The molecule has 0 fully saturated rings. The second-order valence-electron chi connectivity index (χ2n) is 6.27. The van der Waals surface area contributed by atoms with Crippen LogP contribution in [0.1, 0.15) is 18.3 Å². The number of aryl methyl sites for hydroxylation is 1. The van der Waals surface area contributed by atoms with E-state index >= 15 is 0 Å². The summed E-state index contributed by atoms with van der Waals surface area (Å²) in [5, 5.41) is 1.44. The minimum absolute atomic E-state index is 0.000208. The number of para-hydroxylation sites is 2. The third-order valence-corrected chi connectivity index (χ3v) is 4.41. The zero-order chi connectivity index (χ0) is 21.8. The Balaban J connectivity index is 0.000000537. The summed E-state index contributed by atoms with van der Waals surface area (Å²) >= 11 is 6.02. The van der Waals surface area contributed by atoms with Gasteiger partial charge in [0.1, 0.15) is 23.1 Å². The standard InChI is InChI=1S/C20H20ClN2O.ClHO4/c1-14-8-4-6-10-18(14)23-16(3)22(13-12-15(2)21)19-11-7-5-9-17(19)20(23)24;2-1(3,4)5/h4-12H,13H2,1-3H3;(H,2,3,4,5)/q+1;/p-1/b15-12+;. The van der Waals surface area contributed by atoms with Crippen LogP contribution in [0.4, 0.5) is 0 Å². The van der Waals surface area contributed by atoms with Crippen LogP contribution in [0, 0.1) is 24.1 Å². The first-order valence-corrected chi connectivity index (χ1v) is 10.2. The lowest BCUT2D eigenvalue weighted by atomic mass is 10.1. The fraction of sp³-hybridized carbons (Fsp3) is 0.200. The highest BCUT2D eigenvalue weighted by molar-refractivity contribution is 6.29. The van der Waals surface area contributed by atoms with Gasteiger partial charge in [-0.2, -0.15) is 4.57 Å². The van der Waals surface area contributed by atoms with Crippen molar-refractivity contribution in [2.75, 3.05) is 0 Å². The Morgan fingerprint density at radius 1 is 1.07 bits per heavy atom. The van der Waals surface area contributed by atoms with Crippen LogP contribution in [0.2, 0.25) is 0 Å². The van der Waals surface area contributed by atoms with Crippen molar-refractivity contribution >= 4 is 22.5 Å². The number of halogens is 2. The quantitative estimate of drug-likeness (QED) is 0.500. The second-order valence-corrected chi connectivity index (χ2v) is 7.62. The largest absolute Gasteiger partial charge is 0.350 e. The first-order chi connectivity index (χ1) is 13.5. The topological polar surface area (TPSA) is 118 Å². The summed E-state index contributed by atoms with van der Waals surface area (Å²) < 4.78 is 37.9. The number of allylic oxidation sites excluding steroid dienone is 2. The molecule has 0 aliphatic carbocycles. The average Bonchev–Trinajstić information content (AvgIpc) is 2.61. The number of hydrogen-bond acceptors (Lipinski definition) is 5. The number of benzene rings is 2. The van der Waals surface area contributed by atoms with E-state index in [1.165, 1.54) is 0 Å². The zero-order valence-electron chi connectivity index (χ0n) is 16.1. The first-order valence-electron chi connectivity index (χ1n) is 8.55. The molecule has 0 saturated heterocycles. The summed E-state index contributed by atoms with van der Waals surface area (Å²) in [6.07, 6.45) is 1.95. The molecule has 1 aromatic heterocycles. The molecule has 7 nitrogen and oxygen atoms in total. The third kappa shape index (κ3) is 6.11. The van der Waals surface area contributed by atoms with Gasteiger partial charge in [0.05, 0.1) is 0 Å². The van der Waals surface area contributed by atoms with Gasteiger partial charge in [-0.05, 0) is 43.7 Å². The van der Waals surface area contributed by atoms with Crippen molar-refractivity contribution in [3.63, 3.8) is 0 Å². The van der Waals surface area contributed by atoms with Crippen LogP contribution >= 0.6 is 11.6 Å². The monoisotopic (exact) mass is 438 g/mol. The van der Waals surface area contributed by atoms with Gasteiger partial charge in [0.15, 0.2) is 0 Å². The summed E-state index contributed by atoms with van der Waals surface area (Å²) in [5.41, 5.74) is 2.89. The molecule has 3 rings (SSSR count). The fourth-order valence-electron chi connectivity index (χ4n) is 3.00. The maximum absolute atomic E-state index is 13.1. The van der Waals surface area contributed by atoms with Crippen LogP contribution in [0.5, 0.6) is 0 Å². The molecule has 2 aromatic carbocycles. The van der Waals surface area contributed by atoms with Gasteiger partial charge in [0, 0.05) is 12.0 Å². The second kappa shape index (κ2) is 9.49. The lowest BCUT2D eigenvalue weighted by Crippen LogP contribution is -2.68. The number of nitrogens with zero attached hydrogens (tertiary/aromatic N) is 2. The summed E-state index contributed by atoms with van der Waals surface area (Å²) in [7, 11) is -4.94. The highest BCUT2D eigenvalue weighted by Crippen LogP contribution is 2.15. The molecule has 154 valence electrons. The molecule has 0 bridgehead atoms. The zero-order valence-corrected chi connectivity index (χ0v) is 17.6. The Bertz CT molecular complexity index is 1090. The molecular weight excluding hydrogens is 419 g/mol. The molecule has 0 atom stereocenters. The molecule has 29 heavy (non-hydrogen) atoms. The minimum Gasteiger partial charge on any atom is -0.240 e. The Kier molecular flexibility index (Phi) is 7.54. The van der Waals surface area contributed by atoms with Crippen molar-refractivity contribution < 1.29 is 33.4 Å². The molecule has 0 N–H and O–H groups in total. The van der Waals surface area contributed by atoms with E-state index in [2.05, 4.69) is 4.57 Å². The van der Waals surface area contributed by atoms with Crippen LogP contribution in [-0.2, 0) is 6.54 Å². The molecule has 0 aliphatic heterocycles. The maximum Gasteiger partial charge on any atom is 0.350 e. The van der Waals surface area contributed by atoms with E-state index in [1.54, 1.807) is 4.57 Å². The van der Waals surface area contributed by atoms with E-state index in [1.807, 2.05) is 75.4 Å². The van der Waals surface area contributed by atoms with Crippen molar-refractivity contribution in [1.29, 1.82) is 0 Å². The van der Waals surface area contributed by atoms with Crippen LogP contribution in [-0.4, -0.2) is 4.57 Å². The highest BCUT2D eigenvalue weighted by Gasteiger charge is 2.22. The third-order valence-electron chi connectivity index (χ3n) is 4.25. The number of hydrogen-bond donors (Lipinski definition) is 0. The summed E-state index contributed by atoms with van der Waals surface area (Å²) in [4.78, 5) is 13.1. The Morgan fingerprint density at radius 2 is 1.62 bits per heavy atom. The molecule has 0 amide bonds. The Morgan fingerprint density at radius 3 is 2.21 bits per heavy atom. The fourth-order valence-corrected chi connectivity index (χ4v) is 3.07. The van der Waals surface area contributed by atoms with E-state index in [-0.39, 0.29) is 5.56 Å². The van der Waals surface area contributed by atoms with Crippen LogP contribution in [0.25, 0.3) is 16.6 Å². The maximum atomic E-state index is 13.1. The first kappa shape index (κ1) is 23.0. The van der Waals surface area contributed by atoms with Crippen LogP contribution < -0.4 is 28.8 Å². The molecular formula is C20H20Cl2N2O5. The molecule has 9 heteroatoms. The lowest BCUT2D eigenvalue weighted by molar-refractivity contribution is -2.00. The molecule has 1 heterocycles. The highest BCUT2D eigenvalue weighted by atomic mass is 35.7. The SMILES string of the molecule is C/C(Cl)=C\C[n+]1c(C)n(-c2ccccc2C)c(=O)c2ccccc21.[O-][Cl+3]([O-])([O-])[O-]. The Labute approximate surface area is 175 Å². The van der Waals surface area contributed by atoms with E-state index < -0.39 is 10.2 Å². The van der Waals surface area contributed by atoms with Gasteiger partial charge in [0.25, 0.3) is 5.82 Å². The summed E-state index contributed by atoms with van der Waals surface area (Å²) in [6, 6.07) is 15.6. The number of aromatic nitrogens is 2. The molecule has 0 spiro atoms. The van der Waals surface area contributed by atoms with E-state index in [0.29, 0.717) is 11.9 Å². The van der Waals surface area contributed by atoms with Gasteiger partial charge >= 0.3 is 5.56 Å². The van der Waals surface area contributed by atoms with Gasteiger partial charge in [0.2, 0.25) is 0 Å². The molecule has 0 saturated carbocycles. The predicted molar refractivity (Wildman–Crippen MR) is 98.8 cm³/mol. The van der Waals surface area contributed by atoms with Crippen molar-refractivity contribution in [2.45, 2.75) is 27.3 Å². The smallest absolute Gasteiger partial charge is 0.240 e. The molecule has 0 aliphatic rings. The van der Waals surface area contributed by atoms with Crippen molar-refractivity contribution in [1.82, 2.24) is 4.57 Å². The lowest BCUT2D eigenvalue weighted by Gasteiger charge is -2.17. The van der Waals surface area contributed by atoms with Gasteiger partial charge < -0.3 is 0 Å². The molecule has 0 radical (unpaired) electrons. The van der Waals surface area contributed by atoms with Crippen molar-refractivity contribution in [2.24, 2.45) is 0 Å². The van der Waals surface area contributed by atoms with Gasteiger partial charge in [-0.1, -0.05) is 41.9 Å². The summed E-state index contributed by atoms with van der Waals surface area (Å²) in [6.45, 7) is 6.46. The average molecular weight is 439 g/mol. The van der Waals surface area contributed by atoms with Crippen LogP contribution in [0.15, 0.2) is 64.4 Å². The Hall–Kier alpha value is -2.26. The number of fused-ring (bicyclic) bond motifs is 1. The van der Waals surface area contributed by atoms with Gasteiger partial charge in [-0.15, -0.1) is 10.2 Å². The van der Waals surface area contributed by atoms with Crippen molar-refractivity contribution in [3.05, 3.63) is 81.4 Å².